The van der Waals surface area contributed by atoms with Gasteiger partial charge < -0.3 is 5.32 Å². The fraction of sp³-hybridized carbons (Fsp3) is 0.583. The van der Waals surface area contributed by atoms with Gasteiger partial charge in [-0.05, 0) is 34.3 Å². The van der Waals surface area contributed by atoms with E-state index in [1.807, 2.05) is 4.68 Å². The van der Waals surface area contributed by atoms with E-state index in [1.165, 1.54) is 4.88 Å². The number of rotatable bonds is 7. The van der Waals surface area contributed by atoms with Crippen molar-refractivity contribution < 1.29 is 0 Å². The molecule has 2 rings (SSSR count). The van der Waals surface area contributed by atoms with Crippen molar-refractivity contribution in [1.29, 1.82) is 0 Å². The molecule has 0 fully saturated rings. The Kier molecular flexibility index (Phi) is 4.83. The van der Waals surface area contributed by atoms with Gasteiger partial charge in [0.2, 0.25) is 0 Å². The highest BCUT2D eigenvalue weighted by Gasteiger charge is 2.06. The molecule has 0 unspecified atom stereocenters. The van der Waals surface area contributed by atoms with Gasteiger partial charge in [-0.25, -0.2) is 4.68 Å². The third-order valence-electron chi connectivity index (χ3n) is 2.59. The van der Waals surface area contributed by atoms with Crippen molar-refractivity contribution >= 4 is 11.3 Å². The predicted octanol–water partition coefficient (Wildman–Crippen LogP) is 1.72. The molecule has 18 heavy (non-hydrogen) atoms. The van der Waals surface area contributed by atoms with Crippen molar-refractivity contribution in [3.8, 4) is 0 Å². The first kappa shape index (κ1) is 13.2. The Morgan fingerprint density at radius 3 is 3.06 bits per heavy atom. The van der Waals surface area contributed by atoms with Gasteiger partial charge in [0.05, 0.1) is 6.54 Å². The van der Waals surface area contributed by atoms with E-state index in [-0.39, 0.29) is 0 Å². The molecule has 0 saturated heterocycles. The maximum absolute atomic E-state index is 4.06. The van der Waals surface area contributed by atoms with Gasteiger partial charge in [0.25, 0.3) is 0 Å². The molecule has 0 aromatic carbocycles. The van der Waals surface area contributed by atoms with Crippen LogP contribution in [0.5, 0.6) is 0 Å². The van der Waals surface area contributed by atoms with Gasteiger partial charge in [-0.15, -0.1) is 16.4 Å². The molecule has 0 radical (unpaired) electrons. The molecule has 0 amide bonds. The molecule has 0 aliphatic heterocycles. The average Bonchev–Trinajstić information content (AvgIpc) is 2.96. The van der Waals surface area contributed by atoms with Crippen molar-refractivity contribution in [3.05, 3.63) is 28.2 Å². The lowest BCUT2D eigenvalue weighted by Gasteiger charge is -2.07. The van der Waals surface area contributed by atoms with Gasteiger partial charge >= 0.3 is 0 Å². The molecule has 2 heterocycles. The molecule has 0 bridgehead atoms. The smallest absolute Gasteiger partial charge is 0.165 e. The maximum atomic E-state index is 4.06. The second kappa shape index (κ2) is 6.61. The van der Waals surface area contributed by atoms with Crippen LogP contribution in [-0.4, -0.2) is 26.8 Å². The predicted molar refractivity (Wildman–Crippen MR) is 72.4 cm³/mol. The standard InChI is InChI=1S/C12H19N5S/c1-10(2)8-13-9-12-14-15-16-17(12)6-5-11-4-3-7-18-11/h3-4,7,10,13H,5-6,8-9H2,1-2H3. The zero-order chi connectivity index (χ0) is 12.8. The molecular weight excluding hydrogens is 246 g/mol. The molecule has 0 spiro atoms. The summed E-state index contributed by atoms with van der Waals surface area (Å²) in [6.45, 7) is 6.93. The third-order valence-corrected chi connectivity index (χ3v) is 3.53. The third kappa shape index (κ3) is 3.89. The van der Waals surface area contributed by atoms with E-state index < -0.39 is 0 Å². The number of thiophene rings is 1. The minimum atomic E-state index is 0.639. The molecule has 2 aromatic heterocycles. The highest BCUT2D eigenvalue weighted by atomic mass is 32.1. The molecule has 1 N–H and O–H groups in total. The summed E-state index contributed by atoms with van der Waals surface area (Å²) in [7, 11) is 0. The van der Waals surface area contributed by atoms with Crippen molar-refractivity contribution in [2.24, 2.45) is 5.92 Å². The van der Waals surface area contributed by atoms with Crippen LogP contribution in [0.25, 0.3) is 0 Å². The summed E-state index contributed by atoms with van der Waals surface area (Å²) in [6.07, 6.45) is 0.986. The summed E-state index contributed by atoms with van der Waals surface area (Å²) >= 11 is 1.77. The SMILES string of the molecule is CC(C)CNCc1nnnn1CCc1cccs1. The van der Waals surface area contributed by atoms with Crippen LogP contribution in [0.2, 0.25) is 0 Å². The van der Waals surface area contributed by atoms with Crippen LogP contribution in [0.4, 0.5) is 0 Å². The molecule has 0 atom stereocenters. The largest absolute Gasteiger partial charge is 0.310 e. The number of hydrogen-bond acceptors (Lipinski definition) is 5. The zero-order valence-electron chi connectivity index (χ0n) is 10.8. The van der Waals surface area contributed by atoms with E-state index >= 15 is 0 Å². The van der Waals surface area contributed by atoms with Crippen LogP contribution in [0.1, 0.15) is 24.5 Å². The lowest BCUT2D eigenvalue weighted by Crippen LogP contribution is -2.22. The van der Waals surface area contributed by atoms with Gasteiger partial charge in [-0.2, -0.15) is 0 Å². The van der Waals surface area contributed by atoms with Gasteiger partial charge in [0.1, 0.15) is 0 Å². The van der Waals surface area contributed by atoms with E-state index in [1.54, 1.807) is 11.3 Å². The number of aryl methyl sites for hydroxylation is 2. The number of hydrogen-bond donors (Lipinski definition) is 1. The Labute approximate surface area is 111 Å². The van der Waals surface area contributed by atoms with E-state index in [0.717, 1.165) is 31.9 Å². The van der Waals surface area contributed by atoms with E-state index in [2.05, 4.69) is 52.2 Å². The second-order valence-electron chi connectivity index (χ2n) is 4.67. The maximum Gasteiger partial charge on any atom is 0.165 e. The van der Waals surface area contributed by atoms with Gasteiger partial charge in [0, 0.05) is 17.8 Å². The quantitative estimate of drug-likeness (QED) is 0.828. The molecule has 6 heteroatoms. The summed E-state index contributed by atoms with van der Waals surface area (Å²) in [4.78, 5) is 1.37. The second-order valence-corrected chi connectivity index (χ2v) is 5.70. The molecule has 2 aromatic rings. The monoisotopic (exact) mass is 265 g/mol. The number of tetrazole rings is 1. The minimum absolute atomic E-state index is 0.639. The number of nitrogens with one attached hydrogen (secondary N) is 1. The van der Waals surface area contributed by atoms with Crippen LogP contribution < -0.4 is 5.32 Å². The van der Waals surface area contributed by atoms with E-state index in [0.29, 0.717) is 5.92 Å². The summed E-state index contributed by atoms with van der Waals surface area (Å²) in [5.41, 5.74) is 0. The van der Waals surface area contributed by atoms with E-state index in [9.17, 15) is 0 Å². The minimum Gasteiger partial charge on any atom is -0.310 e. The van der Waals surface area contributed by atoms with Crippen molar-refractivity contribution in [1.82, 2.24) is 25.5 Å². The molecule has 5 nitrogen and oxygen atoms in total. The van der Waals surface area contributed by atoms with E-state index in [4.69, 9.17) is 0 Å². The normalized spacial score (nSPS) is 11.3. The summed E-state index contributed by atoms with van der Waals surface area (Å²) < 4.78 is 1.88. The van der Waals surface area contributed by atoms with Crippen molar-refractivity contribution in [2.45, 2.75) is 33.4 Å². The zero-order valence-corrected chi connectivity index (χ0v) is 11.7. The first-order chi connectivity index (χ1) is 8.75. The number of aromatic nitrogens is 4. The summed E-state index contributed by atoms with van der Waals surface area (Å²) in [5, 5.41) is 17.3. The van der Waals surface area contributed by atoms with Crippen LogP contribution in [-0.2, 0) is 19.5 Å². The topological polar surface area (TPSA) is 55.6 Å². The molecular formula is C12H19N5S. The van der Waals surface area contributed by atoms with Gasteiger partial charge in [-0.1, -0.05) is 19.9 Å². The number of nitrogens with zero attached hydrogens (tertiary/aromatic N) is 4. The summed E-state index contributed by atoms with van der Waals surface area (Å²) in [6, 6.07) is 4.22. The Morgan fingerprint density at radius 1 is 1.44 bits per heavy atom. The summed E-state index contributed by atoms with van der Waals surface area (Å²) in [5.74, 6) is 1.55. The van der Waals surface area contributed by atoms with Gasteiger partial charge in [-0.3, -0.25) is 0 Å². The lowest BCUT2D eigenvalue weighted by atomic mass is 10.2. The first-order valence-corrected chi connectivity index (χ1v) is 7.12. The highest BCUT2D eigenvalue weighted by molar-refractivity contribution is 7.09. The fourth-order valence-corrected chi connectivity index (χ4v) is 2.37. The van der Waals surface area contributed by atoms with Crippen molar-refractivity contribution in [2.75, 3.05) is 6.54 Å². The van der Waals surface area contributed by atoms with Crippen LogP contribution in [0.15, 0.2) is 17.5 Å². The molecule has 98 valence electrons. The van der Waals surface area contributed by atoms with Crippen LogP contribution >= 0.6 is 11.3 Å². The Balaban J connectivity index is 1.83. The Hall–Kier alpha value is -1.27. The molecule has 0 aliphatic carbocycles. The lowest BCUT2D eigenvalue weighted by molar-refractivity contribution is 0.510. The first-order valence-electron chi connectivity index (χ1n) is 6.24. The Bertz CT molecular complexity index is 449. The highest BCUT2D eigenvalue weighted by Crippen LogP contribution is 2.10. The Morgan fingerprint density at radius 2 is 2.33 bits per heavy atom. The molecule has 0 saturated carbocycles. The fourth-order valence-electron chi connectivity index (χ4n) is 1.67. The van der Waals surface area contributed by atoms with Crippen LogP contribution in [0, 0.1) is 5.92 Å². The van der Waals surface area contributed by atoms with Gasteiger partial charge in [0.15, 0.2) is 5.82 Å². The average molecular weight is 265 g/mol. The van der Waals surface area contributed by atoms with Crippen molar-refractivity contribution in [3.63, 3.8) is 0 Å². The van der Waals surface area contributed by atoms with Crippen LogP contribution in [0.3, 0.4) is 0 Å². The molecule has 0 aliphatic rings.